The zero-order valence-corrected chi connectivity index (χ0v) is 16.4. The van der Waals surface area contributed by atoms with Crippen molar-refractivity contribution in [3.8, 4) is 5.75 Å². The predicted molar refractivity (Wildman–Crippen MR) is 109 cm³/mol. The van der Waals surface area contributed by atoms with Crippen LogP contribution >= 0.6 is 0 Å². The molecule has 30 heavy (non-hydrogen) atoms. The van der Waals surface area contributed by atoms with Gasteiger partial charge < -0.3 is 19.7 Å². The zero-order chi connectivity index (χ0) is 21.2. The molecule has 0 radical (unpaired) electrons. The maximum atomic E-state index is 13.6. The van der Waals surface area contributed by atoms with E-state index >= 15 is 0 Å². The van der Waals surface area contributed by atoms with Gasteiger partial charge in [-0.2, -0.15) is 0 Å². The maximum absolute atomic E-state index is 13.6. The minimum Gasteiger partial charge on any atom is -0.497 e. The number of aromatic carboxylic acids is 1. The Morgan fingerprint density at radius 3 is 2.70 bits per heavy atom. The molecule has 8 nitrogen and oxygen atoms in total. The fourth-order valence-corrected chi connectivity index (χ4v) is 4.61. The number of aromatic nitrogens is 1. The topological polar surface area (TPSA) is 103 Å². The van der Waals surface area contributed by atoms with E-state index in [1.165, 1.54) is 17.0 Å². The number of rotatable bonds is 3. The van der Waals surface area contributed by atoms with Gasteiger partial charge in [-0.3, -0.25) is 4.79 Å². The number of carbonyl (C=O) groups excluding carboxylic acids is 2. The van der Waals surface area contributed by atoms with Crippen LogP contribution in [0.4, 0.5) is 10.5 Å². The Balaban J connectivity index is 1.69. The molecule has 3 amide bonds. The van der Waals surface area contributed by atoms with Crippen LogP contribution in [-0.2, 0) is 16.8 Å². The first-order valence-electron chi connectivity index (χ1n) is 9.55. The first kappa shape index (κ1) is 18.2. The summed E-state index contributed by atoms with van der Waals surface area (Å²) in [6.07, 6.45) is 0.575. The number of benzene rings is 2. The number of ether oxygens (including phenoxy) is 1. The molecule has 0 bridgehead atoms. The molecular weight excluding hydrogens is 386 g/mol. The Labute approximate surface area is 171 Å². The number of imide groups is 1. The van der Waals surface area contributed by atoms with Crippen LogP contribution in [0.15, 0.2) is 42.5 Å². The molecule has 1 fully saturated rings. The standard InChI is InChI=1S/C22H19N3O5/c1-22-18-13(15-11-12(30-2)7-8-16(15)23-18)9-10-24(22)21(29)25(20(22)28)17-6-4-3-5-14(17)19(26)27/h3-8,11,23H,9-10H2,1-2H3,(H,26,27)/t22-/m0/s1. The summed E-state index contributed by atoms with van der Waals surface area (Å²) in [5.41, 5.74) is 1.22. The van der Waals surface area contributed by atoms with Crippen LogP contribution in [0.3, 0.4) is 0 Å². The lowest BCUT2D eigenvalue weighted by Crippen LogP contribution is -2.49. The minimum absolute atomic E-state index is 0.0787. The van der Waals surface area contributed by atoms with Crippen molar-refractivity contribution in [1.82, 2.24) is 9.88 Å². The van der Waals surface area contributed by atoms with Crippen LogP contribution in [0.1, 0.15) is 28.5 Å². The average molecular weight is 405 g/mol. The minimum atomic E-state index is -1.25. The summed E-state index contributed by atoms with van der Waals surface area (Å²) >= 11 is 0. The summed E-state index contributed by atoms with van der Waals surface area (Å²) in [7, 11) is 1.60. The van der Waals surface area contributed by atoms with E-state index in [4.69, 9.17) is 4.74 Å². The Hall–Kier alpha value is -3.81. The number of carbonyl (C=O) groups is 3. The summed E-state index contributed by atoms with van der Waals surface area (Å²) in [4.78, 5) is 44.4. The fraction of sp³-hybridized carbons (Fsp3) is 0.227. The van der Waals surface area contributed by atoms with Gasteiger partial charge in [-0.1, -0.05) is 12.1 Å². The largest absolute Gasteiger partial charge is 0.497 e. The molecule has 2 aromatic carbocycles. The molecule has 0 aliphatic carbocycles. The molecule has 1 aromatic heterocycles. The number of carboxylic acid groups (broad SMARTS) is 1. The van der Waals surface area contributed by atoms with Gasteiger partial charge in [0.25, 0.3) is 5.91 Å². The third-order valence-electron chi connectivity index (χ3n) is 6.14. The van der Waals surface area contributed by atoms with Gasteiger partial charge in [0.1, 0.15) is 5.75 Å². The number of carboxylic acids is 1. The summed E-state index contributed by atoms with van der Waals surface area (Å²) in [6.45, 7) is 2.06. The second kappa shape index (κ2) is 6.09. The van der Waals surface area contributed by atoms with E-state index in [9.17, 15) is 19.5 Å². The van der Waals surface area contributed by atoms with Gasteiger partial charge in [0, 0.05) is 17.4 Å². The monoisotopic (exact) mass is 405 g/mol. The molecule has 0 unspecified atom stereocenters. The molecule has 8 heteroatoms. The summed E-state index contributed by atoms with van der Waals surface area (Å²) in [5, 5.41) is 10.5. The van der Waals surface area contributed by atoms with Crippen LogP contribution in [0, 0.1) is 0 Å². The molecule has 2 aliphatic heterocycles. The average Bonchev–Trinajstić information content (AvgIpc) is 3.21. The van der Waals surface area contributed by atoms with E-state index in [0.717, 1.165) is 21.4 Å². The van der Waals surface area contributed by atoms with Gasteiger partial charge >= 0.3 is 12.0 Å². The lowest BCUT2D eigenvalue weighted by Gasteiger charge is -2.35. The second-order valence-electron chi connectivity index (χ2n) is 7.61. The van der Waals surface area contributed by atoms with Crippen LogP contribution in [0.5, 0.6) is 5.75 Å². The molecule has 0 spiro atoms. The van der Waals surface area contributed by atoms with E-state index in [1.807, 2.05) is 18.2 Å². The highest BCUT2D eigenvalue weighted by molar-refractivity contribution is 6.25. The highest BCUT2D eigenvalue weighted by Crippen LogP contribution is 2.46. The van der Waals surface area contributed by atoms with Crippen LogP contribution in [0.2, 0.25) is 0 Å². The van der Waals surface area contributed by atoms with Gasteiger partial charge in [0.2, 0.25) is 0 Å². The number of nitrogens with one attached hydrogen (secondary N) is 1. The van der Waals surface area contributed by atoms with Gasteiger partial charge in [-0.25, -0.2) is 14.5 Å². The maximum Gasteiger partial charge on any atom is 0.337 e. The van der Waals surface area contributed by atoms with Crippen molar-refractivity contribution >= 4 is 34.5 Å². The van der Waals surface area contributed by atoms with E-state index < -0.39 is 23.4 Å². The quantitative estimate of drug-likeness (QED) is 0.652. The first-order chi connectivity index (χ1) is 14.4. The number of hydrogen-bond donors (Lipinski definition) is 2. The summed E-state index contributed by atoms with van der Waals surface area (Å²) in [6, 6.07) is 11.2. The SMILES string of the molecule is COc1ccc2[nH]c3c(c2c1)CCN1C(=O)N(c2ccccc2C(=O)O)C(=O)[C@]31C. The normalized spacial score (nSPS) is 20.5. The van der Waals surface area contributed by atoms with Crippen LogP contribution in [-0.4, -0.2) is 46.6 Å². The van der Waals surface area contributed by atoms with E-state index in [2.05, 4.69) is 4.98 Å². The number of nitrogens with zero attached hydrogens (tertiary/aromatic N) is 2. The Bertz CT molecular complexity index is 1250. The van der Waals surface area contributed by atoms with Crippen molar-refractivity contribution in [3.63, 3.8) is 0 Å². The number of anilines is 1. The number of urea groups is 1. The molecule has 1 saturated heterocycles. The lowest BCUT2D eigenvalue weighted by atomic mass is 9.87. The second-order valence-corrected chi connectivity index (χ2v) is 7.61. The van der Waals surface area contributed by atoms with Crippen molar-refractivity contribution in [2.75, 3.05) is 18.6 Å². The molecular formula is C22H19N3O5. The molecule has 1 atom stereocenters. The highest BCUT2D eigenvalue weighted by Gasteiger charge is 2.59. The van der Waals surface area contributed by atoms with Crippen molar-refractivity contribution in [1.29, 1.82) is 0 Å². The summed E-state index contributed by atoms with van der Waals surface area (Å²) < 4.78 is 5.33. The molecule has 2 N–H and O–H groups in total. The van der Waals surface area contributed by atoms with E-state index in [-0.39, 0.29) is 11.3 Å². The lowest BCUT2D eigenvalue weighted by molar-refractivity contribution is -0.125. The van der Waals surface area contributed by atoms with Crippen molar-refractivity contribution in [2.24, 2.45) is 0 Å². The Morgan fingerprint density at radius 2 is 1.97 bits per heavy atom. The number of hydrogen-bond acceptors (Lipinski definition) is 4. The Kier molecular flexibility index (Phi) is 3.70. The van der Waals surface area contributed by atoms with Gasteiger partial charge in [0.15, 0.2) is 5.54 Å². The number of amides is 3. The number of para-hydroxylation sites is 1. The van der Waals surface area contributed by atoms with Crippen molar-refractivity contribution < 1.29 is 24.2 Å². The van der Waals surface area contributed by atoms with Gasteiger partial charge in [-0.05, 0) is 49.2 Å². The van der Waals surface area contributed by atoms with Crippen LogP contribution < -0.4 is 9.64 Å². The number of H-pyrrole nitrogens is 1. The van der Waals surface area contributed by atoms with Gasteiger partial charge in [-0.15, -0.1) is 0 Å². The van der Waals surface area contributed by atoms with E-state index in [1.54, 1.807) is 26.2 Å². The first-order valence-corrected chi connectivity index (χ1v) is 9.55. The Morgan fingerprint density at radius 1 is 1.20 bits per heavy atom. The molecule has 5 rings (SSSR count). The van der Waals surface area contributed by atoms with Gasteiger partial charge in [0.05, 0.1) is 24.1 Å². The molecule has 152 valence electrons. The van der Waals surface area contributed by atoms with Crippen molar-refractivity contribution in [3.05, 3.63) is 59.3 Å². The molecule has 2 aliphatic rings. The number of aromatic amines is 1. The number of methoxy groups -OCH3 is 1. The van der Waals surface area contributed by atoms with Crippen molar-refractivity contribution in [2.45, 2.75) is 18.9 Å². The smallest absolute Gasteiger partial charge is 0.337 e. The molecule has 0 saturated carbocycles. The third kappa shape index (κ3) is 2.18. The fourth-order valence-electron chi connectivity index (χ4n) is 4.61. The molecule has 3 aromatic rings. The van der Waals surface area contributed by atoms with Crippen LogP contribution in [0.25, 0.3) is 10.9 Å². The predicted octanol–water partition coefficient (Wildman–Crippen LogP) is 3.11. The number of fused-ring (bicyclic) bond motifs is 5. The third-order valence-corrected chi connectivity index (χ3v) is 6.14. The molecule has 3 heterocycles. The summed E-state index contributed by atoms with van der Waals surface area (Å²) in [5.74, 6) is -0.956. The highest BCUT2D eigenvalue weighted by atomic mass is 16.5. The van der Waals surface area contributed by atoms with E-state index in [0.29, 0.717) is 24.4 Å². The zero-order valence-electron chi connectivity index (χ0n) is 16.4.